The lowest BCUT2D eigenvalue weighted by Gasteiger charge is -2.27. The van der Waals surface area contributed by atoms with E-state index in [0.717, 1.165) is 18.9 Å². The van der Waals surface area contributed by atoms with E-state index in [2.05, 4.69) is 25.3 Å². The first-order valence-corrected chi connectivity index (χ1v) is 7.65. The van der Waals surface area contributed by atoms with Crippen LogP contribution in [0.5, 0.6) is 0 Å². The maximum atomic E-state index is 12.1. The number of amides is 1. The van der Waals surface area contributed by atoms with Gasteiger partial charge in [0.05, 0.1) is 19.8 Å². The molecule has 0 spiro atoms. The Balaban J connectivity index is 1.58. The number of nitrogens with one attached hydrogen (secondary N) is 1. The Morgan fingerprint density at radius 3 is 2.96 bits per heavy atom. The van der Waals surface area contributed by atoms with Crippen LogP contribution in [0.1, 0.15) is 18.8 Å². The number of ether oxygens (including phenoxy) is 1. The minimum Gasteiger partial charge on any atom is -0.378 e. The monoisotopic (exact) mass is 316 g/mol. The van der Waals surface area contributed by atoms with Crippen LogP contribution in [0.2, 0.25) is 0 Å². The van der Waals surface area contributed by atoms with E-state index in [9.17, 15) is 4.79 Å². The van der Waals surface area contributed by atoms with Gasteiger partial charge in [0, 0.05) is 31.7 Å². The second kappa shape index (κ2) is 7.19. The molecule has 1 unspecified atom stereocenters. The van der Waals surface area contributed by atoms with Crippen molar-refractivity contribution in [2.75, 3.05) is 31.2 Å². The number of carbonyl (C=O) groups is 1. The summed E-state index contributed by atoms with van der Waals surface area (Å²) in [6.45, 7) is 5.14. The third-order valence-electron chi connectivity index (χ3n) is 3.75. The highest BCUT2D eigenvalue weighted by molar-refractivity contribution is 5.79. The maximum absolute atomic E-state index is 12.1. The standard InChI is InChI=1S/C15H20N6O2/c1-12(21-6-2-4-18-21)15(22)17-11-13-16-5-3-14(19-13)20-7-9-23-10-8-20/h2-6,12H,7-11H2,1H3,(H,17,22). The van der Waals surface area contributed by atoms with Gasteiger partial charge in [-0.3, -0.25) is 9.48 Å². The molecular weight excluding hydrogens is 296 g/mol. The van der Waals surface area contributed by atoms with Crippen LogP contribution in [0.15, 0.2) is 30.7 Å². The number of anilines is 1. The zero-order valence-electron chi connectivity index (χ0n) is 13.1. The first kappa shape index (κ1) is 15.4. The van der Waals surface area contributed by atoms with E-state index in [1.165, 1.54) is 0 Å². The van der Waals surface area contributed by atoms with Crippen molar-refractivity contribution in [3.63, 3.8) is 0 Å². The van der Waals surface area contributed by atoms with Crippen LogP contribution in [0.25, 0.3) is 0 Å². The zero-order valence-corrected chi connectivity index (χ0v) is 13.1. The zero-order chi connectivity index (χ0) is 16.1. The molecular formula is C15H20N6O2. The van der Waals surface area contributed by atoms with Crippen molar-refractivity contribution in [2.24, 2.45) is 0 Å². The predicted molar refractivity (Wildman–Crippen MR) is 83.8 cm³/mol. The van der Waals surface area contributed by atoms with Gasteiger partial charge in [0.15, 0.2) is 0 Å². The molecule has 8 heteroatoms. The van der Waals surface area contributed by atoms with Gasteiger partial charge in [-0.05, 0) is 19.1 Å². The minimum absolute atomic E-state index is 0.117. The topological polar surface area (TPSA) is 85.2 Å². The molecule has 3 rings (SSSR count). The Bertz CT molecular complexity index is 639. The SMILES string of the molecule is CC(C(=O)NCc1nccc(N2CCOCC2)n1)n1cccn1. The fourth-order valence-corrected chi connectivity index (χ4v) is 2.39. The number of aromatic nitrogens is 4. The van der Waals surface area contributed by atoms with Crippen molar-refractivity contribution in [3.05, 3.63) is 36.5 Å². The molecule has 1 N–H and O–H groups in total. The average molecular weight is 316 g/mol. The smallest absolute Gasteiger partial charge is 0.244 e. The Morgan fingerprint density at radius 2 is 2.22 bits per heavy atom. The van der Waals surface area contributed by atoms with Gasteiger partial charge >= 0.3 is 0 Å². The van der Waals surface area contributed by atoms with Crippen molar-refractivity contribution < 1.29 is 9.53 Å². The molecule has 1 aliphatic heterocycles. The van der Waals surface area contributed by atoms with Gasteiger partial charge < -0.3 is 15.0 Å². The molecule has 1 amide bonds. The van der Waals surface area contributed by atoms with E-state index < -0.39 is 0 Å². The fraction of sp³-hybridized carbons (Fsp3) is 0.467. The summed E-state index contributed by atoms with van der Waals surface area (Å²) in [5.74, 6) is 1.34. The third-order valence-corrected chi connectivity index (χ3v) is 3.75. The highest BCUT2D eigenvalue weighted by Crippen LogP contribution is 2.12. The first-order valence-electron chi connectivity index (χ1n) is 7.65. The van der Waals surface area contributed by atoms with E-state index in [-0.39, 0.29) is 11.9 Å². The summed E-state index contributed by atoms with van der Waals surface area (Å²) in [7, 11) is 0. The third kappa shape index (κ3) is 3.84. The number of nitrogens with zero attached hydrogens (tertiary/aromatic N) is 5. The predicted octanol–water partition coefficient (Wildman–Crippen LogP) is 0.387. The normalized spacial score (nSPS) is 16.1. The Kier molecular flexibility index (Phi) is 4.82. The van der Waals surface area contributed by atoms with Crippen LogP contribution in [-0.4, -0.2) is 52.0 Å². The molecule has 122 valence electrons. The lowest BCUT2D eigenvalue weighted by Crippen LogP contribution is -2.37. The van der Waals surface area contributed by atoms with Crippen LogP contribution < -0.4 is 10.2 Å². The average Bonchev–Trinajstić information content (AvgIpc) is 3.14. The molecule has 2 aromatic heterocycles. The number of morpholine rings is 1. The molecule has 3 heterocycles. The molecule has 0 bridgehead atoms. The van der Waals surface area contributed by atoms with E-state index in [1.54, 1.807) is 36.3 Å². The molecule has 0 radical (unpaired) electrons. The fourth-order valence-electron chi connectivity index (χ4n) is 2.39. The highest BCUT2D eigenvalue weighted by Gasteiger charge is 2.16. The van der Waals surface area contributed by atoms with E-state index in [1.807, 2.05) is 6.07 Å². The van der Waals surface area contributed by atoms with Gasteiger partial charge in [-0.2, -0.15) is 5.10 Å². The molecule has 2 aromatic rings. The highest BCUT2D eigenvalue weighted by atomic mass is 16.5. The van der Waals surface area contributed by atoms with E-state index in [0.29, 0.717) is 25.6 Å². The molecule has 8 nitrogen and oxygen atoms in total. The summed E-state index contributed by atoms with van der Waals surface area (Å²) in [6.07, 6.45) is 5.13. The molecule has 0 saturated carbocycles. The van der Waals surface area contributed by atoms with Crippen molar-refractivity contribution >= 4 is 11.7 Å². The number of hydrogen-bond acceptors (Lipinski definition) is 6. The summed E-state index contributed by atoms with van der Waals surface area (Å²) in [4.78, 5) is 23.0. The summed E-state index contributed by atoms with van der Waals surface area (Å²) >= 11 is 0. The molecule has 1 atom stereocenters. The maximum Gasteiger partial charge on any atom is 0.244 e. The molecule has 0 aromatic carbocycles. The van der Waals surface area contributed by atoms with Crippen molar-refractivity contribution in [1.29, 1.82) is 0 Å². The van der Waals surface area contributed by atoms with Crippen LogP contribution in [0.3, 0.4) is 0 Å². The summed E-state index contributed by atoms with van der Waals surface area (Å²) in [5.41, 5.74) is 0. The lowest BCUT2D eigenvalue weighted by molar-refractivity contribution is -0.124. The minimum atomic E-state index is -0.368. The molecule has 1 fully saturated rings. The van der Waals surface area contributed by atoms with Gasteiger partial charge in [0.1, 0.15) is 17.7 Å². The molecule has 23 heavy (non-hydrogen) atoms. The van der Waals surface area contributed by atoms with Crippen molar-refractivity contribution in [1.82, 2.24) is 25.1 Å². The van der Waals surface area contributed by atoms with Crippen LogP contribution in [0, 0.1) is 0 Å². The van der Waals surface area contributed by atoms with Gasteiger partial charge in [-0.1, -0.05) is 0 Å². The summed E-state index contributed by atoms with van der Waals surface area (Å²) in [5, 5.41) is 6.92. The Labute approximate surface area is 134 Å². The number of carbonyl (C=O) groups excluding carboxylic acids is 1. The van der Waals surface area contributed by atoms with Crippen molar-refractivity contribution in [2.45, 2.75) is 19.5 Å². The number of hydrogen-bond donors (Lipinski definition) is 1. The Morgan fingerprint density at radius 1 is 1.39 bits per heavy atom. The van der Waals surface area contributed by atoms with Gasteiger partial charge in [-0.15, -0.1) is 0 Å². The first-order chi connectivity index (χ1) is 11.2. The summed E-state index contributed by atoms with van der Waals surface area (Å²) in [6, 6.07) is 3.30. The van der Waals surface area contributed by atoms with Crippen LogP contribution in [0.4, 0.5) is 5.82 Å². The van der Waals surface area contributed by atoms with Gasteiger partial charge in [0.25, 0.3) is 0 Å². The molecule has 0 aliphatic carbocycles. The second-order valence-electron chi connectivity index (χ2n) is 5.31. The summed E-state index contributed by atoms with van der Waals surface area (Å²) < 4.78 is 6.95. The molecule has 1 saturated heterocycles. The largest absolute Gasteiger partial charge is 0.378 e. The van der Waals surface area contributed by atoms with E-state index in [4.69, 9.17) is 4.74 Å². The second-order valence-corrected chi connectivity index (χ2v) is 5.31. The van der Waals surface area contributed by atoms with Gasteiger partial charge in [-0.25, -0.2) is 9.97 Å². The van der Waals surface area contributed by atoms with Crippen LogP contribution in [-0.2, 0) is 16.1 Å². The number of rotatable bonds is 5. The molecule has 1 aliphatic rings. The van der Waals surface area contributed by atoms with E-state index >= 15 is 0 Å². The van der Waals surface area contributed by atoms with Gasteiger partial charge in [0.2, 0.25) is 5.91 Å². The quantitative estimate of drug-likeness (QED) is 0.859. The van der Waals surface area contributed by atoms with Crippen LogP contribution >= 0.6 is 0 Å². The Hall–Kier alpha value is -2.48. The van der Waals surface area contributed by atoms with Crippen molar-refractivity contribution in [3.8, 4) is 0 Å². The lowest BCUT2D eigenvalue weighted by atomic mass is 10.3.